The molecule has 1 unspecified atom stereocenters. The molecule has 1 N–H and O–H groups in total. The third-order valence-electron chi connectivity index (χ3n) is 3.85. The van der Waals surface area contributed by atoms with Crippen molar-refractivity contribution < 1.29 is 4.79 Å². The van der Waals surface area contributed by atoms with Gasteiger partial charge in [-0.1, -0.05) is 32.5 Å². The van der Waals surface area contributed by atoms with Gasteiger partial charge in [0.1, 0.15) is 0 Å². The lowest BCUT2D eigenvalue weighted by Crippen LogP contribution is -2.41. The van der Waals surface area contributed by atoms with Gasteiger partial charge in [0, 0.05) is 29.8 Å². The first-order valence-electron chi connectivity index (χ1n) is 7.40. The lowest BCUT2D eigenvalue weighted by atomic mass is 9.92. The van der Waals surface area contributed by atoms with Crippen LogP contribution in [0.1, 0.15) is 39.3 Å². The summed E-state index contributed by atoms with van der Waals surface area (Å²) in [6.45, 7) is 6.58. The molecule has 3 rings (SSSR count). The van der Waals surface area contributed by atoms with Gasteiger partial charge in [-0.05, 0) is 12.8 Å². The number of thioether (sulfide) groups is 1. The number of hydrogen-bond acceptors (Lipinski definition) is 4. The van der Waals surface area contributed by atoms with E-state index in [1.165, 1.54) is 11.8 Å². The van der Waals surface area contributed by atoms with E-state index in [-0.39, 0.29) is 22.8 Å². The van der Waals surface area contributed by atoms with E-state index in [1.54, 1.807) is 10.6 Å². The molecule has 1 aromatic heterocycles. The molecule has 1 aliphatic carbocycles. The van der Waals surface area contributed by atoms with Gasteiger partial charge < -0.3 is 5.32 Å². The lowest BCUT2D eigenvalue weighted by molar-refractivity contribution is -0.125. The number of nitrogens with zero attached hydrogens (tertiary/aromatic N) is 2. The lowest BCUT2D eigenvalue weighted by Gasteiger charge is -2.26. The van der Waals surface area contributed by atoms with E-state index in [2.05, 4.69) is 10.3 Å². The van der Waals surface area contributed by atoms with Gasteiger partial charge in [-0.2, -0.15) is 0 Å². The zero-order chi connectivity index (χ0) is 15.2. The second-order valence-electron chi connectivity index (χ2n) is 6.91. The second-order valence-corrected chi connectivity index (χ2v) is 7.90. The standard InChI is InChI=1S/C15H21N3O2S/c1-15(2,3)11-6-12(19)18-7-9(8-21-14(18)17-11)13(20)16-10-4-5-10/h6,9-10H,4-5,7-8H2,1-3H3,(H,16,20). The molecule has 5 nitrogen and oxygen atoms in total. The van der Waals surface area contributed by atoms with E-state index < -0.39 is 0 Å². The molecule has 1 amide bonds. The number of rotatable bonds is 2. The molecular weight excluding hydrogens is 286 g/mol. The Morgan fingerprint density at radius 3 is 2.76 bits per heavy atom. The van der Waals surface area contributed by atoms with Gasteiger partial charge in [0.25, 0.3) is 5.56 Å². The largest absolute Gasteiger partial charge is 0.353 e. The van der Waals surface area contributed by atoms with Gasteiger partial charge in [-0.25, -0.2) is 4.98 Å². The van der Waals surface area contributed by atoms with Crippen molar-refractivity contribution in [2.45, 2.75) is 56.8 Å². The van der Waals surface area contributed by atoms with Crippen molar-refractivity contribution in [1.29, 1.82) is 0 Å². The van der Waals surface area contributed by atoms with Crippen LogP contribution in [-0.4, -0.2) is 27.3 Å². The summed E-state index contributed by atoms with van der Waals surface area (Å²) in [6, 6.07) is 1.97. The number of nitrogens with one attached hydrogen (secondary N) is 1. The predicted molar refractivity (Wildman–Crippen MR) is 82.6 cm³/mol. The predicted octanol–water partition coefficient (Wildman–Crippen LogP) is 1.54. The molecule has 21 heavy (non-hydrogen) atoms. The summed E-state index contributed by atoms with van der Waals surface area (Å²) >= 11 is 1.51. The Balaban J connectivity index is 1.83. The molecule has 0 radical (unpaired) electrons. The minimum Gasteiger partial charge on any atom is -0.353 e. The van der Waals surface area contributed by atoms with Crippen LogP contribution in [0, 0.1) is 5.92 Å². The van der Waals surface area contributed by atoms with Crippen LogP contribution in [-0.2, 0) is 16.8 Å². The molecule has 1 aromatic rings. The molecule has 0 spiro atoms. The summed E-state index contributed by atoms with van der Waals surface area (Å²) in [7, 11) is 0. The van der Waals surface area contributed by atoms with Crippen molar-refractivity contribution in [2.24, 2.45) is 5.92 Å². The summed E-state index contributed by atoms with van der Waals surface area (Å²) in [5.41, 5.74) is 0.615. The van der Waals surface area contributed by atoms with Gasteiger partial charge in [0.05, 0.1) is 11.6 Å². The van der Waals surface area contributed by atoms with Crippen molar-refractivity contribution in [3.05, 3.63) is 22.1 Å². The number of amides is 1. The molecule has 1 aliphatic heterocycles. The summed E-state index contributed by atoms with van der Waals surface area (Å²) in [6.07, 6.45) is 2.16. The maximum atomic E-state index is 12.3. The minimum atomic E-state index is -0.143. The fourth-order valence-corrected chi connectivity index (χ4v) is 3.39. The molecule has 0 bridgehead atoms. The Bertz CT molecular complexity index is 629. The highest BCUT2D eigenvalue weighted by Crippen LogP contribution is 2.28. The maximum Gasteiger partial charge on any atom is 0.254 e. The molecule has 2 aliphatic rings. The van der Waals surface area contributed by atoms with Gasteiger partial charge in [-0.3, -0.25) is 14.2 Å². The molecule has 6 heteroatoms. The normalized spacial score (nSPS) is 21.8. The van der Waals surface area contributed by atoms with Crippen LogP contribution in [0.25, 0.3) is 0 Å². The Hall–Kier alpha value is -1.30. The minimum absolute atomic E-state index is 0.0543. The smallest absolute Gasteiger partial charge is 0.254 e. The summed E-state index contributed by atoms with van der Waals surface area (Å²) < 4.78 is 1.64. The fourth-order valence-electron chi connectivity index (χ4n) is 2.30. The molecular formula is C15H21N3O2S. The van der Waals surface area contributed by atoms with Gasteiger partial charge in [0.15, 0.2) is 5.16 Å². The average molecular weight is 307 g/mol. The van der Waals surface area contributed by atoms with E-state index >= 15 is 0 Å². The molecule has 1 atom stereocenters. The van der Waals surface area contributed by atoms with E-state index in [1.807, 2.05) is 20.8 Å². The number of carbonyl (C=O) groups excluding carboxylic acids is 1. The molecule has 1 fully saturated rings. The highest BCUT2D eigenvalue weighted by molar-refractivity contribution is 7.99. The average Bonchev–Trinajstić information content (AvgIpc) is 3.21. The summed E-state index contributed by atoms with van der Waals surface area (Å²) in [4.78, 5) is 29.1. The number of carbonyl (C=O) groups is 1. The van der Waals surface area contributed by atoms with Crippen LogP contribution in [0.3, 0.4) is 0 Å². The van der Waals surface area contributed by atoms with Gasteiger partial charge in [0.2, 0.25) is 5.91 Å². The third kappa shape index (κ3) is 3.15. The third-order valence-corrected chi connectivity index (χ3v) is 4.99. The zero-order valence-electron chi connectivity index (χ0n) is 12.7. The van der Waals surface area contributed by atoms with E-state index in [9.17, 15) is 9.59 Å². The highest BCUT2D eigenvalue weighted by atomic mass is 32.2. The topological polar surface area (TPSA) is 64.0 Å². The number of aromatic nitrogens is 2. The van der Waals surface area contributed by atoms with Gasteiger partial charge >= 0.3 is 0 Å². The summed E-state index contributed by atoms with van der Waals surface area (Å²) in [5.74, 6) is 0.629. The molecule has 0 aromatic carbocycles. The van der Waals surface area contributed by atoms with Crippen LogP contribution in [0.2, 0.25) is 0 Å². The zero-order valence-corrected chi connectivity index (χ0v) is 13.5. The number of fused-ring (bicyclic) bond motifs is 1. The van der Waals surface area contributed by atoms with Crippen molar-refractivity contribution in [1.82, 2.24) is 14.9 Å². The molecule has 2 heterocycles. The van der Waals surface area contributed by atoms with Crippen LogP contribution >= 0.6 is 11.8 Å². The Kier molecular flexibility index (Phi) is 3.59. The van der Waals surface area contributed by atoms with E-state index in [0.29, 0.717) is 18.3 Å². The SMILES string of the molecule is CC(C)(C)c1cc(=O)n2c(n1)SCC(C(=O)NC1CC1)C2. The van der Waals surface area contributed by atoms with Crippen LogP contribution < -0.4 is 10.9 Å². The highest BCUT2D eigenvalue weighted by Gasteiger charge is 2.31. The molecule has 0 saturated heterocycles. The first-order valence-corrected chi connectivity index (χ1v) is 8.38. The van der Waals surface area contributed by atoms with E-state index in [4.69, 9.17) is 0 Å². The van der Waals surface area contributed by atoms with Gasteiger partial charge in [-0.15, -0.1) is 0 Å². The molecule has 1 saturated carbocycles. The Labute approximate surface area is 128 Å². The monoisotopic (exact) mass is 307 g/mol. The first kappa shape index (κ1) is 14.6. The first-order chi connectivity index (χ1) is 9.84. The quantitative estimate of drug-likeness (QED) is 0.842. The van der Waals surface area contributed by atoms with Crippen LogP contribution in [0.5, 0.6) is 0 Å². The van der Waals surface area contributed by atoms with Crippen molar-refractivity contribution >= 4 is 17.7 Å². The Morgan fingerprint density at radius 1 is 1.43 bits per heavy atom. The number of hydrogen-bond donors (Lipinski definition) is 1. The van der Waals surface area contributed by atoms with Crippen molar-refractivity contribution in [2.75, 3.05) is 5.75 Å². The van der Waals surface area contributed by atoms with Crippen LogP contribution in [0.15, 0.2) is 16.0 Å². The molecule has 114 valence electrons. The Morgan fingerprint density at radius 2 is 2.14 bits per heavy atom. The van der Waals surface area contributed by atoms with Crippen molar-refractivity contribution in [3.63, 3.8) is 0 Å². The fraction of sp³-hybridized carbons (Fsp3) is 0.667. The van der Waals surface area contributed by atoms with Crippen molar-refractivity contribution in [3.8, 4) is 0 Å². The van der Waals surface area contributed by atoms with E-state index in [0.717, 1.165) is 23.7 Å². The second kappa shape index (κ2) is 5.16. The van der Waals surface area contributed by atoms with Crippen LogP contribution in [0.4, 0.5) is 0 Å². The summed E-state index contributed by atoms with van der Waals surface area (Å²) in [5, 5.41) is 3.76. The maximum absolute atomic E-state index is 12.3.